The van der Waals surface area contributed by atoms with E-state index < -0.39 is 0 Å². The van der Waals surface area contributed by atoms with Gasteiger partial charge < -0.3 is 5.32 Å². The molecule has 0 bridgehead atoms. The molecule has 1 aliphatic rings. The zero-order valence-electron chi connectivity index (χ0n) is 8.67. The van der Waals surface area contributed by atoms with Crippen LogP contribution < -0.4 is 5.32 Å². The fraction of sp³-hybridized carbons (Fsp3) is 0.364. The molecule has 1 aromatic carbocycles. The van der Waals surface area contributed by atoms with E-state index in [-0.39, 0.29) is 5.78 Å². The normalized spacial score (nSPS) is 16.6. The maximum atomic E-state index is 11.9. The smallest absolute Gasteiger partial charge is 0.178 e. The summed E-state index contributed by atoms with van der Waals surface area (Å²) in [6.07, 6.45) is 0. The first kappa shape index (κ1) is 11.9. The number of nitrogens with zero attached hydrogens (tertiary/aromatic N) is 1. The first-order valence-corrected chi connectivity index (χ1v) is 5.84. The number of rotatable bonds is 3. The molecule has 0 aliphatic carbocycles. The van der Waals surface area contributed by atoms with Gasteiger partial charge in [0.25, 0.3) is 0 Å². The van der Waals surface area contributed by atoms with E-state index >= 15 is 0 Å². The highest BCUT2D eigenvalue weighted by Crippen LogP contribution is 2.21. The molecule has 0 saturated carbocycles. The van der Waals surface area contributed by atoms with Crippen molar-refractivity contribution in [3.05, 3.63) is 33.8 Å². The summed E-state index contributed by atoms with van der Waals surface area (Å²) in [5.41, 5.74) is 0.540. The molecule has 0 spiro atoms. The molecule has 1 saturated heterocycles. The number of halogens is 2. The molecule has 1 aromatic rings. The van der Waals surface area contributed by atoms with E-state index in [1.807, 2.05) is 4.90 Å². The molecular weight excluding hydrogens is 247 g/mol. The molecule has 2 rings (SSSR count). The van der Waals surface area contributed by atoms with Gasteiger partial charge in [0.15, 0.2) is 5.78 Å². The molecule has 0 atom stereocenters. The van der Waals surface area contributed by atoms with Gasteiger partial charge in [-0.15, -0.1) is 0 Å². The number of hydrogen-bond acceptors (Lipinski definition) is 3. The van der Waals surface area contributed by atoms with Gasteiger partial charge in [-0.05, 0) is 18.2 Å². The molecule has 1 aliphatic heterocycles. The first-order chi connectivity index (χ1) is 7.66. The largest absolute Gasteiger partial charge is 0.303 e. The summed E-state index contributed by atoms with van der Waals surface area (Å²) in [6.45, 7) is 2.99. The van der Waals surface area contributed by atoms with Crippen LogP contribution in [0.2, 0.25) is 10.0 Å². The van der Waals surface area contributed by atoms with E-state index in [9.17, 15) is 4.79 Å². The third-order valence-corrected chi connectivity index (χ3v) is 3.09. The van der Waals surface area contributed by atoms with E-state index in [1.165, 1.54) is 0 Å². The third kappa shape index (κ3) is 2.74. The highest BCUT2D eigenvalue weighted by Gasteiger charge is 2.17. The first-order valence-electron chi connectivity index (χ1n) is 5.08. The number of carbonyl (C=O) groups is 1. The van der Waals surface area contributed by atoms with Crippen molar-refractivity contribution in [2.45, 2.75) is 0 Å². The minimum absolute atomic E-state index is 0.0327. The van der Waals surface area contributed by atoms with E-state index in [0.717, 1.165) is 19.8 Å². The van der Waals surface area contributed by atoms with Gasteiger partial charge in [0.2, 0.25) is 0 Å². The second kappa shape index (κ2) is 5.15. The third-order valence-electron chi connectivity index (χ3n) is 2.54. The Balaban J connectivity index is 2.08. The van der Waals surface area contributed by atoms with Crippen LogP contribution in [-0.4, -0.2) is 37.0 Å². The Morgan fingerprint density at radius 2 is 2.25 bits per heavy atom. The fourth-order valence-electron chi connectivity index (χ4n) is 1.69. The number of nitrogens with one attached hydrogen (secondary N) is 1. The molecule has 86 valence electrons. The Labute approximate surface area is 104 Å². The van der Waals surface area contributed by atoms with Crippen LogP contribution in [0.1, 0.15) is 10.4 Å². The van der Waals surface area contributed by atoms with Crippen LogP contribution in [0.25, 0.3) is 0 Å². The van der Waals surface area contributed by atoms with Gasteiger partial charge in [0.1, 0.15) is 0 Å². The van der Waals surface area contributed by atoms with Crippen LogP contribution in [0.15, 0.2) is 18.2 Å². The Hall–Kier alpha value is -0.610. The van der Waals surface area contributed by atoms with Crippen molar-refractivity contribution in [3.8, 4) is 0 Å². The lowest BCUT2D eigenvalue weighted by atomic mass is 10.1. The van der Waals surface area contributed by atoms with Gasteiger partial charge in [-0.25, -0.2) is 0 Å². The molecule has 5 heteroatoms. The van der Waals surface area contributed by atoms with Gasteiger partial charge in [-0.2, -0.15) is 0 Å². The number of hydrogen-bond donors (Lipinski definition) is 1. The topological polar surface area (TPSA) is 32.3 Å². The predicted molar refractivity (Wildman–Crippen MR) is 65.2 cm³/mol. The van der Waals surface area contributed by atoms with Crippen LogP contribution in [0.3, 0.4) is 0 Å². The number of benzene rings is 1. The molecule has 0 unspecified atom stereocenters. The van der Waals surface area contributed by atoms with E-state index in [0.29, 0.717) is 22.2 Å². The number of carbonyl (C=O) groups excluding carboxylic acids is 1. The lowest BCUT2D eigenvalue weighted by Crippen LogP contribution is -2.28. The second-order valence-electron chi connectivity index (χ2n) is 3.76. The van der Waals surface area contributed by atoms with Crippen LogP contribution >= 0.6 is 23.2 Å². The Bertz CT molecular complexity index is 403. The van der Waals surface area contributed by atoms with Crippen molar-refractivity contribution in [3.63, 3.8) is 0 Å². The second-order valence-corrected chi connectivity index (χ2v) is 4.60. The molecular formula is C11H12Cl2N2O. The summed E-state index contributed by atoms with van der Waals surface area (Å²) >= 11 is 11.7. The summed E-state index contributed by atoms with van der Waals surface area (Å²) < 4.78 is 0. The predicted octanol–water partition coefficient (Wildman–Crippen LogP) is 2.04. The summed E-state index contributed by atoms with van der Waals surface area (Å²) in [5, 5.41) is 4.14. The minimum Gasteiger partial charge on any atom is -0.303 e. The van der Waals surface area contributed by atoms with Crippen molar-refractivity contribution >= 4 is 29.0 Å². The average molecular weight is 259 g/mol. The lowest BCUT2D eigenvalue weighted by Gasteiger charge is -2.13. The molecule has 0 aromatic heterocycles. The van der Waals surface area contributed by atoms with E-state index in [1.54, 1.807) is 18.2 Å². The van der Waals surface area contributed by atoms with Gasteiger partial charge in [0.05, 0.1) is 11.6 Å². The van der Waals surface area contributed by atoms with Crippen LogP contribution in [-0.2, 0) is 0 Å². The summed E-state index contributed by atoms with van der Waals surface area (Å²) in [6, 6.07) is 4.96. The van der Waals surface area contributed by atoms with E-state index in [2.05, 4.69) is 5.32 Å². The number of ketones is 1. The summed E-state index contributed by atoms with van der Waals surface area (Å²) in [4.78, 5) is 14.0. The van der Waals surface area contributed by atoms with Gasteiger partial charge in [-0.3, -0.25) is 9.69 Å². The highest BCUT2D eigenvalue weighted by molar-refractivity contribution is 6.36. The SMILES string of the molecule is O=C(CN1CCNC1)c1ccc(Cl)cc1Cl. The molecule has 0 amide bonds. The van der Waals surface area contributed by atoms with E-state index in [4.69, 9.17) is 23.2 Å². The van der Waals surface area contributed by atoms with Crippen molar-refractivity contribution in [1.29, 1.82) is 0 Å². The van der Waals surface area contributed by atoms with Gasteiger partial charge in [0, 0.05) is 30.3 Å². The zero-order valence-corrected chi connectivity index (χ0v) is 10.2. The lowest BCUT2D eigenvalue weighted by molar-refractivity contribution is 0.0945. The Morgan fingerprint density at radius 1 is 1.44 bits per heavy atom. The maximum absolute atomic E-state index is 11.9. The van der Waals surface area contributed by atoms with Crippen molar-refractivity contribution in [2.75, 3.05) is 26.3 Å². The summed E-state index contributed by atoms with van der Waals surface area (Å²) in [7, 11) is 0. The quantitative estimate of drug-likeness (QED) is 0.843. The van der Waals surface area contributed by atoms with Gasteiger partial charge in [-0.1, -0.05) is 23.2 Å². The van der Waals surface area contributed by atoms with Crippen LogP contribution in [0.5, 0.6) is 0 Å². The molecule has 1 heterocycles. The zero-order chi connectivity index (χ0) is 11.5. The maximum Gasteiger partial charge on any atom is 0.178 e. The fourth-order valence-corrected chi connectivity index (χ4v) is 2.21. The molecule has 16 heavy (non-hydrogen) atoms. The molecule has 0 radical (unpaired) electrons. The van der Waals surface area contributed by atoms with Crippen molar-refractivity contribution in [2.24, 2.45) is 0 Å². The molecule has 1 fully saturated rings. The molecule has 1 N–H and O–H groups in total. The molecule has 3 nitrogen and oxygen atoms in total. The van der Waals surface area contributed by atoms with Crippen molar-refractivity contribution < 1.29 is 4.79 Å². The Morgan fingerprint density at radius 3 is 2.88 bits per heavy atom. The standard InChI is InChI=1S/C11H12Cl2N2O/c12-8-1-2-9(10(13)5-8)11(16)6-15-4-3-14-7-15/h1-2,5,14H,3-4,6-7H2. The van der Waals surface area contributed by atoms with Crippen LogP contribution in [0.4, 0.5) is 0 Å². The van der Waals surface area contributed by atoms with Crippen molar-refractivity contribution in [1.82, 2.24) is 10.2 Å². The Kier molecular flexibility index (Phi) is 3.82. The van der Waals surface area contributed by atoms with Gasteiger partial charge >= 0.3 is 0 Å². The monoisotopic (exact) mass is 258 g/mol. The summed E-state index contributed by atoms with van der Waals surface area (Å²) in [5.74, 6) is 0.0327. The average Bonchev–Trinajstić information content (AvgIpc) is 2.70. The van der Waals surface area contributed by atoms with Crippen LogP contribution in [0, 0.1) is 0 Å². The highest BCUT2D eigenvalue weighted by atomic mass is 35.5. The minimum atomic E-state index is 0.0327. The number of Topliss-reactive ketones (excluding diaryl/α,β-unsaturated/α-hetero) is 1.